The van der Waals surface area contributed by atoms with Crippen molar-refractivity contribution >= 4 is 5.91 Å². The van der Waals surface area contributed by atoms with Gasteiger partial charge in [-0.25, -0.2) is 4.98 Å². The highest BCUT2D eigenvalue weighted by molar-refractivity contribution is 5.92. The van der Waals surface area contributed by atoms with Crippen molar-refractivity contribution in [3.05, 3.63) is 17.8 Å². The van der Waals surface area contributed by atoms with E-state index in [4.69, 9.17) is 14.9 Å². The Labute approximate surface area is 129 Å². The normalized spacial score (nSPS) is 32.0. The third-order valence-corrected chi connectivity index (χ3v) is 4.89. The second kappa shape index (κ2) is 5.64. The molecule has 3 atom stereocenters. The molecule has 1 saturated carbocycles. The van der Waals surface area contributed by atoms with Crippen molar-refractivity contribution in [2.75, 3.05) is 19.7 Å². The molecule has 0 radical (unpaired) electrons. The number of ether oxygens (including phenoxy) is 1. The Hall–Kier alpha value is -1.44. The molecule has 1 aromatic rings. The molecule has 4 rings (SSSR count). The van der Waals surface area contributed by atoms with E-state index in [1.807, 2.05) is 0 Å². The van der Waals surface area contributed by atoms with Crippen molar-refractivity contribution in [1.29, 1.82) is 0 Å². The molecular weight excluding hydrogens is 284 g/mol. The molecule has 1 aromatic heterocycles. The van der Waals surface area contributed by atoms with Crippen LogP contribution < -0.4 is 11.1 Å². The van der Waals surface area contributed by atoms with Gasteiger partial charge in [0.05, 0.1) is 19.3 Å². The van der Waals surface area contributed by atoms with Crippen LogP contribution in [0.15, 0.2) is 10.7 Å². The zero-order valence-electron chi connectivity index (χ0n) is 12.5. The maximum absolute atomic E-state index is 12.2. The van der Waals surface area contributed by atoms with Gasteiger partial charge in [-0.15, -0.1) is 0 Å². The van der Waals surface area contributed by atoms with Crippen molar-refractivity contribution in [2.45, 2.75) is 44.0 Å². The van der Waals surface area contributed by atoms with Crippen molar-refractivity contribution in [3.8, 4) is 0 Å². The van der Waals surface area contributed by atoms with E-state index in [-0.39, 0.29) is 18.5 Å². The number of nitrogens with two attached hydrogens (primary N) is 1. The number of aromatic nitrogens is 1. The Morgan fingerprint density at radius 1 is 1.45 bits per heavy atom. The minimum atomic E-state index is -0.187. The highest BCUT2D eigenvalue weighted by atomic mass is 16.5. The number of nitrogens with one attached hydrogen (secondary N) is 1. The van der Waals surface area contributed by atoms with E-state index in [2.05, 4.69) is 15.2 Å². The first kappa shape index (κ1) is 14.2. The summed E-state index contributed by atoms with van der Waals surface area (Å²) in [4.78, 5) is 18.7. The van der Waals surface area contributed by atoms with E-state index in [0.29, 0.717) is 23.7 Å². The van der Waals surface area contributed by atoms with E-state index in [1.54, 1.807) is 0 Å². The second-order valence-electron chi connectivity index (χ2n) is 6.55. The van der Waals surface area contributed by atoms with Crippen LogP contribution in [0.1, 0.15) is 35.6 Å². The fourth-order valence-electron chi connectivity index (χ4n) is 3.53. The van der Waals surface area contributed by atoms with Crippen LogP contribution in [0.3, 0.4) is 0 Å². The minimum Gasteiger partial charge on any atom is -0.447 e. The van der Waals surface area contributed by atoms with Gasteiger partial charge in [0.2, 0.25) is 5.89 Å². The summed E-state index contributed by atoms with van der Waals surface area (Å²) in [5, 5.41) is 3.05. The molecule has 3 aliphatic rings. The van der Waals surface area contributed by atoms with Crippen molar-refractivity contribution in [3.63, 3.8) is 0 Å². The van der Waals surface area contributed by atoms with Gasteiger partial charge in [0.1, 0.15) is 6.26 Å². The number of oxazole rings is 1. The van der Waals surface area contributed by atoms with Gasteiger partial charge in [0.25, 0.3) is 5.91 Å². The number of hydrogen-bond acceptors (Lipinski definition) is 6. The lowest BCUT2D eigenvalue weighted by Crippen LogP contribution is -2.47. The van der Waals surface area contributed by atoms with Gasteiger partial charge >= 0.3 is 0 Å². The smallest absolute Gasteiger partial charge is 0.273 e. The zero-order valence-corrected chi connectivity index (χ0v) is 12.5. The molecule has 22 heavy (non-hydrogen) atoms. The number of nitrogens with zero attached hydrogens (tertiary/aromatic N) is 2. The highest BCUT2D eigenvalue weighted by Crippen LogP contribution is 2.37. The average molecular weight is 306 g/mol. The average Bonchev–Trinajstić information content (AvgIpc) is 3.12. The molecular formula is C15H22N4O3. The number of carbonyl (C=O) groups excluding carboxylic acids is 1. The van der Waals surface area contributed by atoms with E-state index in [9.17, 15) is 4.79 Å². The van der Waals surface area contributed by atoms with Gasteiger partial charge in [-0.05, 0) is 25.2 Å². The van der Waals surface area contributed by atoms with Gasteiger partial charge < -0.3 is 20.2 Å². The molecule has 0 bridgehead atoms. The molecule has 7 nitrogen and oxygen atoms in total. The van der Waals surface area contributed by atoms with Crippen LogP contribution in [0.2, 0.25) is 0 Å². The maximum Gasteiger partial charge on any atom is 0.273 e. The Morgan fingerprint density at radius 2 is 2.32 bits per heavy atom. The van der Waals surface area contributed by atoms with Crippen LogP contribution in [-0.2, 0) is 11.3 Å². The van der Waals surface area contributed by atoms with E-state index >= 15 is 0 Å². The van der Waals surface area contributed by atoms with Crippen LogP contribution in [0.4, 0.5) is 0 Å². The van der Waals surface area contributed by atoms with Crippen LogP contribution >= 0.6 is 0 Å². The van der Waals surface area contributed by atoms with E-state index < -0.39 is 0 Å². The SMILES string of the molecule is NCc1nc(C(=O)N[C@H]2C[C@H]3CO[C@H](C4CC4)CN3C2)co1. The van der Waals surface area contributed by atoms with E-state index in [1.165, 1.54) is 19.1 Å². The number of fused-ring (bicyclic) bond motifs is 1. The standard InChI is InChI=1S/C15H22N4O3/c16-4-14-18-12(8-22-14)15(20)17-10-3-11-7-21-13(9-1-2-9)6-19(11)5-10/h8-11,13H,1-7,16H2,(H,17,20)/t10-,11-,13-/m0/s1. The zero-order chi connectivity index (χ0) is 15.1. The molecule has 120 valence electrons. The van der Waals surface area contributed by atoms with Crippen molar-refractivity contribution < 1.29 is 13.9 Å². The molecule has 2 saturated heterocycles. The molecule has 2 aliphatic heterocycles. The summed E-state index contributed by atoms with van der Waals surface area (Å²) in [7, 11) is 0. The molecule has 3 fully saturated rings. The topological polar surface area (TPSA) is 93.6 Å². The lowest BCUT2D eigenvalue weighted by atomic mass is 10.1. The number of rotatable bonds is 4. The summed E-state index contributed by atoms with van der Waals surface area (Å²) in [6.45, 7) is 2.88. The predicted molar refractivity (Wildman–Crippen MR) is 78.1 cm³/mol. The quantitative estimate of drug-likeness (QED) is 0.820. The van der Waals surface area contributed by atoms with Gasteiger partial charge in [0.15, 0.2) is 5.69 Å². The molecule has 0 unspecified atom stereocenters. The summed E-state index contributed by atoms with van der Waals surface area (Å²) in [6.07, 6.45) is 5.31. The number of amides is 1. The maximum atomic E-state index is 12.2. The summed E-state index contributed by atoms with van der Waals surface area (Å²) in [6, 6.07) is 0.578. The first-order chi connectivity index (χ1) is 10.7. The van der Waals surface area contributed by atoms with E-state index in [0.717, 1.165) is 32.0 Å². The van der Waals surface area contributed by atoms with Crippen molar-refractivity contribution in [1.82, 2.24) is 15.2 Å². The molecule has 1 amide bonds. The molecule has 3 N–H and O–H groups in total. The third-order valence-electron chi connectivity index (χ3n) is 4.89. The van der Waals surface area contributed by atoms with Crippen LogP contribution in [-0.4, -0.2) is 53.7 Å². The van der Waals surface area contributed by atoms with Gasteiger partial charge in [0, 0.05) is 25.2 Å². The number of hydrogen-bond donors (Lipinski definition) is 2. The number of morpholine rings is 1. The summed E-state index contributed by atoms with van der Waals surface area (Å²) >= 11 is 0. The monoisotopic (exact) mass is 306 g/mol. The fourth-order valence-corrected chi connectivity index (χ4v) is 3.53. The van der Waals surface area contributed by atoms with Crippen LogP contribution in [0.5, 0.6) is 0 Å². The second-order valence-corrected chi connectivity index (χ2v) is 6.55. The Balaban J connectivity index is 1.33. The van der Waals surface area contributed by atoms with Crippen LogP contribution in [0, 0.1) is 5.92 Å². The third kappa shape index (κ3) is 2.76. The lowest BCUT2D eigenvalue weighted by Gasteiger charge is -2.35. The highest BCUT2D eigenvalue weighted by Gasteiger charge is 2.42. The molecule has 3 heterocycles. The predicted octanol–water partition coefficient (Wildman–Crippen LogP) is 0.115. The first-order valence-electron chi connectivity index (χ1n) is 8.04. The van der Waals surface area contributed by atoms with Gasteiger partial charge in [-0.1, -0.05) is 0 Å². The van der Waals surface area contributed by atoms with Gasteiger partial charge in [-0.3, -0.25) is 9.69 Å². The molecule has 1 aliphatic carbocycles. The largest absolute Gasteiger partial charge is 0.447 e. The summed E-state index contributed by atoms with van der Waals surface area (Å²) < 4.78 is 11.1. The number of carbonyl (C=O) groups is 1. The Kier molecular flexibility index (Phi) is 3.63. The lowest BCUT2D eigenvalue weighted by molar-refractivity contribution is -0.0581. The summed E-state index contributed by atoms with van der Waals surface area (Å²) in [5.74, 6) is 0.960. The summed E-state index contributed by atoms with van der Waals surface area (Å²) in [5.41, 5.74) is 5.74. The minimum absolute atomic E-state index is 0.150. The van der Waals surface area contributed by atoms with Crippen LogP contribution in [0.25, 0.3) is 0 Å². The first-order valence-corrected chi connectivity index (χ1v) is 8.04. The van der Waals surface area contributed by atoms with Gasteiger partial charge in [-0.2, -0.15) is 0 Å². The van der Waals surface area contributed by atoms with Crippen molar-refractivity contribution in [2.24, 2.45) is 11.7 Å². The molecule has 0 spiro atoms. The Bertz CT molecular complexity index is 557. The fraction of sp³-hybridized carbons (Fsp3) is 0.733. The molecule has 0 aromatic carbocycles. The Morgan fingerprint density at radius 3 is 3.05 bits per heavy atom. The molecule has 7 heteroatoms.